The second-order valence-electron chi connectivity index (χ2n) is 5.87. The van der Waals surface area contributed by atoms with Gasteiger partial charge in [-0.05, 0) is 30.7 Å². The fourth-order valence-corrected chi connectivity index (χ4v) is 3.04. The van der Waals surface area contributed by atoms with Gasteiger partial charge in [0, 0.05) is 56.8 Å². The molecule has 0 aromatic heterocycles. The van der Waals surface area contributed by atoms with Crippen molar-refractivity contribution >= 4 is 35.5 Å². The molecular formula is C17H22ClN3O3. The fraction of sp³-hybridized carbons (Fsp3) is 0.471. The number of anilines is 1. The third kappa shape index (κ3) is 4.47. The Morgan fingerprint density at radius 2 is 1.92 bits per heavy atom. The first-order chi connectivity index (χ1) is 11.4. The Balaban J connectivity index is 1.98. The number of halogens is 1. The minimum atomic E-state index is -0.112. The molecule has 1 aromatic carbocycles. The normalized spacial score (nSPS) is 14.5. The summed E-state index contributed by atoms with van der Waals surface area (Å²) >= 11 is 5.96. The van der Waals surface area contributed by atoms with Gasteiger partial charge in [0.15, 0.2) is 0 Å². The number of piperazine rings is 1. The maximum atomic E-state index is 12.4. The van der Waals surface area contributed by atoms with Gasteiger partial charge in [-0.2, -0.15) is 0 Å². The lowest BCUT2D eigenvalue weighted by molar-refractivity contribution is -0.135. The maximum absolute atomic E-state index is 12.4. The van der Waals surface area contributed by atoms with E-state index in [1.54, 1.807) is 32.9 Å². The molecule has 130 valence electrons. The van der Waals surface area contributed by atoms with Gasteiger partial charge < -0.3 is 14.7 Å². The molecule has 0 aliphatic carbocycles. The summed E-state index contributed by atoms with van der Waals surface area (Å²) in [4.78, 5) is 40.0. The highest BCUT2D eigenvalue weighted by Crippen LogP contribution is 2.24. The number of benzene rings is 1. The zero-order valence-electron chi connectivity index (χ0n) is 14.0. The molecule has 24 heavy (non-hydrogen) atoms. The van der Waals surface area contributed by atoms with Gasteiger partial charge in [-0.15, -0.1) is 0 Å². The van der Waals surface area contributed by atoms with Crippen LogP contribution in [-0.4, -0.2) is 60.7 Å². The molecule has 3 amide bonds. The molecule has 2 rings (SSSR count). The summed E-state index contributed by atoms with van der Waals surface area (Å²) in [6.45, 7) is 5.89. The van der Waals surface area contributed by atoms with Crippen molar-refractivity contribution in [2.45, 2.75) is 20.3 Å². The van der Waals surface area contributed by atoms with Crippen LogP contribution in [0.25, 0.3) is 0 Å². The van der Waals surface area contributed by atoms with Crippen molar-refractivity contribution in [2.75, 3.05) is 37.6 Å². The van der Waals surface area contributed by atoms with Crippen LogP contribution in [-0.2, 0) is 14.4 Å². The van der Waals surface area contributed by atoms with Crippen molar-refractivity contribution in [1.82, 2.24) is 9.80 Å². The number of nitrogens with zero attached hydrogens (tertiary/aromatic N) is 3. The average molecular weight is 352 g/mol. The molecular weight excluding hydrogens is 330 g/mol. The van der Waals surface area contributed by atoms with E-state index in [9.17, 15) is 14.4 Å². The highest BCUT2D eigenvalue weighted by atomic mass is 35.5. The molecule has 0 atom stereocenters. The summed E-state index contributed by atoms with van der Waals surface area (Å²) in [7, 11) is 0. The number of carbonyl (C=O) groups is 3. The van der Waals surface area contributed by atoms with Gasteiger partial charge in [-0.1, -0.05) is 11.6 Å². The Hall–Kier alpha value is -2.08. The minimum absolute atomic E-state index is 0.00147. The fourth-order valence-electron chi connectivity index (χ4n) is 2.81. The molecule has 1 aliphatic rings. The molecule has 0 radical (unpaired) electrons. The quantitative estimate of drug-likeness (QED) is 0.758. The van der Waals surface area contributed by atoms with Gasteiger partial charge in [0.25, 0.3) is 0 Å². The Morgan fingerprint density at radius 3 is 2.46 bits per heavy atom. The van der Waals surface area contributed by atoms with Crippen LogP contribution in [0.1, 0.15) is 18.9 Å². The number of hydrogen-bond acceptors (Lipinski definition) is 3. The lowest BCUT2D eigenvalue weighted by Gasteiger charge is -2.33. The topological polar surface area (TPSA) is 60.9 Å². The first-order valence-corrected chi connectivity index (χ1v) is 8.31. The molecule has 1 heterocycles. The molecule has 1 saturated heterocycles. The van der Waals surface area contributed by atoms with Crippen LogP contribution >= 0.6 is 11.6 Å². The summed E-state index contributed by atoms with van der Waals surface area (Å²) in [6, 6.07) is 5.33. The van der Waals surface area contributed by atoms with Crippen LogP contribution in [0.3, 0.4) is 0 Å². The van der Waals surface area contributed by atoms with E-state index in [0.29, 0.717) is 37.7 Å². The molecule has 0 N–H and O–H groups in total. The van der Waals surface area contributed by atoms with E-state index >= 15 is 0 Å². The summed E-state index contributed by atoms with van der Waals surface area (Å²) in [5.41, 5.74) is 1.66. The van der Waals surface area contributed by atoms with E-state index in [0.717, 1.165) is 17.7 Å². The standard InChI is InChI=1S/C17H22ClN3O3/c1-13-11-15(18)3-4-16(13)21(14(2)23)6-5-17(24)20-9-7-19(12-22)8-10-20/h3-4,11-12H,5-10H2,1-2H3. The van der Waals surface area contributed by atoms with Gasteiger partial charge in [0.05, 0.1) is 0 Å². The lowest BCUT2D eigenvalue weighted by atomic mass is 10.1. The first kappa shape index (κ1) is 18.3. The summed E-state index contributed by atoms with van der Waals surface area (Å²) in [5, 5.41) is 0.615. The van der Waals surface area contributed by atoms with Crippen molar-refractivity contribution in [3.05, 3.63) is 28.8 Å². The van der Waals surface area contributed by atoms with E-state index in [1.807, 2.05) is 6.92 Å². The van der Waals surface area contributed by atoms with Crippen LogP contribution in [0.4, 0.5) is 5.69 Å². The lowest BCUT2D eigenvalue weighted by Crippen LogP contribution is -2.48. The first-order valence-electron chi connectivity index (χ1n) is 7.93. The van der Waals surface area contributed by atoms with Crippen molar-refractivity contribution in [2.24, 2.45) is 0 Å². The molecule has 0 unspecified atom stereocenters. The van der Waals surface area contributed by atoms with Gasteiger partial charge in [-0.3, -0.25) is 14.4 Å². The molecule has 1 aromatic rings. The number of hydrogen-bond donors (Lipinski definition) is 0. The van der Waals surface area contributed by atoms with Gasteiger partial charge in [-0.25, -0.2) is 0 Å². The summed E-state index contributed by atoms with van der Waals surface area (Å²) in [6.07, 6.45) is 1.06. The van der Waals surface area contributed by atoms with Crippen LogP contribution in [0.15, 0.2) is 18.2 Å². The van der Waals surface area contributed by atoms with Crippen LogP contribution in [0.2, 0.25) is 5.02 Å². The van der Waals surface area contributed by atoms with Crippen molar-refractivity contribution < 1.29 is 14.4 Å². The number of aryl methyl sites for hydroxylation is 1. The van der Waals surface area contributed by atoms with E-state index in [-0.39, 0.29) is 18.2 Å². The van der Waals surface area contributed by atoms with Gasteiger partial charge in [0.1, 0.15) is 0 Å². The van der Waals surface area contributed by atoms with Crippen molar-refractivity contribution in [3.8, 4) is 0 Å². The molecule has 0 saturated carbocycles. The van der Waals surface area contributed by atoms with Gasteiger partial charge >= 0.3 is 0 Å². The summed E-state index contributed by atoms with van der Waals surface area (Å²) in [5.74, 6) is -0.114. The molecule has 1 aliphatic heterocycles. The average Bonchev–Trinajstić information content (AvgIpc) is 2.56. The van der Waals surface area contributed by atoms with Crippen molar-refractivity contribution in [1.29, 1.82) is 0 Å². The van der Waals surface area contributed by atoms with E-state index in [4.69, 9.17) is 11.6 Å². The minimum Gasteiger partial charge on any atom is -0.342 e. The monoisotopic (exact) mass is 351 g/mol. The Kier molecular flexibility index (Phi) is 6.20. The molecule has 7 heteroatoms. The second-order valence-corrected chi connectivity index (χ2v) is 6.31. The molecule has 1 fully saturated rings. The largest absolute Gasteiger partial charge is 0.342 e. The molecule has 0 bridgehead atoms. The Morgan fingerprint density at radius 1 is 1.25 bits per heavy atom. The highest BCUT2D eigenvalue weighted by molar-refractivity contribution is 6.30. The third-order valence-electron chi connectivity index (χ3n) is 4.20. The van der Waals surface area contributed by atoms with Crippen LogP contribution in [0.5, 0.6) is 0 Å². The molecule has 0 spiro atoms. The third-order valence-corrected chi connectivity index (χ3v) is 4.43. The maximum Gasteiger partial charge on any atom is 0.224 e. The summed E-state index contributed by atoms with van der Waals surface area (Å²) < 4.78 is 0. The Labute approximate surface area is 147 Å². The number of carbonyl (C=O) groups excluding carboxylic acids is 3. The van der Waals surface area contributed by atoms with E-state index in [1.165, 1.54) is 6.92 Å². The number of rotatable bonds is 5. The van der Waals surface area contributed by atoms with Gasteiger partial charge in [0.2, 0.25) is 18.2 Å². The van der Waals surface area contributed by atoms with E-state index in [2.05, 4.69) is 0 Å². The number of amides is 3. The predicted octanol–water partition coefficient (Wildman–Crippen LogP) is 1.69. The van der Waals surface area contributed by atoms with Crippen LogP contribution < -0.4 is 4.90 Å². The highest BCUT2D eigenvalue weighted by Gasteiger charge is 2.22. The smallest absolute Gasteiger partial charge is 0.224 e. The SMILES string of the molecule is CC(=O)N(CCC(=O)N1CCN(C=O)CC1)c1ccc(Cl)cc1C. The zero-order valence-corrected chi connectivity index (χ0v) is 14.8. The Bertz CT molecular complexity index is 628. The predicted molar refractivity (Wildman–Crippen MR) is 93.1 cm³/mol. The van der Waals surface area contributed by atoms with E-state index < -0.39 is 0 Å². The van der Waals surface area contributed by atoms with Crippen molar-refractivity contribution in [3.63, 3.8) is 0 Å². The molecule has 6 nitrogen and oxygen atoms in total. The zero-order chi connectivity index (χ0) is 17.7. The second kappa shape index (κ2) is 8.15. The van der Waals surface area contributed by atoms with Crippen LogP contribution in [0, 0.1) is 6.92 Å².